The van der Waals surface area contributed by atoms with Crippen molar-refractivity contribution in [3.8, 4) is 0 Å². The van der Waals surface area contributed by atoms with E-state index in [0.29, 0.717) is 24.2 Å². The molecule has 3 heterocycles. The van der Waals surface area contributed by atoms with Crippen molar-refractivity contribution in [1.82, 2.24) is 9.88 Å². The van der Waals surface area contributed by atoms with Gasteiger partial charge < -0.3 is 14.9 Å². The van der Waals surface area contributed by atoms with Crippen LogP contribution in [0.25, 0.3) is 0 Å². The Balaban J connectivity index is 1.77. The molecule has 1 N–H and O–H groups in total. The number of rotatable bonds is 1. The Hall–Kier alpha value is -1.49. The van der Waals surface area contributed by atoms with E-state index in [4.69, 9.17) is 16.7 Å². The largest absolute Gasteiger partial charge is 0.465 e. The predicted octanol–water partition coefficient (Wildman–Crippen LogP) is 2.23. The second kappa shape index (κ2) is 4.56. The quantitative estimate of drug-likeness (QED) is 0.802. The Bertz CT molecular complexity index is 523. The average molecular weight is 282 g/mol. The van der Waals surface area contributed by atoms with E-state index in [1.165, 1.54) is 4.90 Å². The average Bonchev–Trinajstić information content (AvgIpc) is 2.35. The molecule has 0 saturated carbocycles. The first-order chi connectivity index (χ1) is 9.06. The summed E-state index contributed by atoms with van der Waals surface area (Å²) in [5, 5.41) is 9.61. The van der Waals surface area contributed by atoms with Crippen LogP contribution in [0, 0.1) is 12.8 Å². The van der Waals surface area contributed by atoms with Crippen molar-refractivity contribution in [3.05, 3.63) is 23.0 Å². The van der Waals surface area contributed by atoms with E-state index in [0.717, 1.165) is 24.2 Å². The summed E-state index contributed by atoms with van der Waals surface area (Å²) in [7, 11) is 0. The van der Waals surface area contributed by atoms with Crippen LogP contribution in [0.4, 0.5) is 10.5 Å². The summed E-state index contributed by atoms with van der Waals surface area (Å²) in [6.45, 7) is 4.16. The van der Waals surface area contributed by atoms with Crippen LogP contribution in [-0.2, 0) is 0 Å². The van der Waals surface area contributed by atoms with Crippen LogP contribution in [-0.4, -0.2) is 46.8 Å². The van der Waals surface area contributed by atoms with Gasteiger partial charge in [0.05, 0.1) is 17.9 Å². The number of pyridine rings is 1. The number of fused-ring (bicyclic) bond motifs is 1. The maximum absolute atomic E-state index is 11.1. The number of carboxylic acid groups (broad SMARTS) is 1. The van der Waals surface area contributed by atoms with Gasteiger partial charge in [-0.3, -0.25) is 0 Å². The molecule has 5 nitrogen and oxygen atoms in total. The SMILES string of the molecule is Cc1cc(N2C[C@@H]3CCN(C(=O)O)C[C@@H]32)cnc1Cl. The fourth-order valence-electron chi connectivity index (χ4n) is 2.97. The molecule has 0 spiro atoms. The van der Waals surface area contributed by atoms with Crippen molar-refractivity contribution >= 4 is 23.4 Å². The lowest BCUT2D eigenvalue weighted by molar-refractivity contribution is 0.0945. The van der Waals surface area contributed by atoms with E-state index in [1.54, 1.807) is 6.20 Å². The highest BCUT2D eigenvalue weighted by atomic mass is 35.5. The van der Waals surface area contributed by atoms with E-state index in [2.05, 4.69) is 9.88 Å². The number of hydrogen-bond acceptors (Lipinski definition) is 3. The predicted molar refractivity (Wildman–Crippen MR) is 72.8 cm³/mol. The molecule has 19 heavy (non-hydrogen) atoms. The molecule has 1 aromatic heterocycles. The molecular formula is C13H16ClN3O2. The minimum atomic E-state index is -0.823. The van der Waals surface area contributed by atoms with Crippen molar-refractivity contribution in [3.63, 3.8) is 0 Å². The summed E-state index contributed by atoms with van der Waals surface area (Å²) in [6, 6.07) is 2.30. The normalized spacial score (nSPS) is 25.8. The second-order valence-corrected chi connectivity index (χ2v) is 5.66. The van der Waals surface area contributed by atoms with E-state index < -0.39 is 6.09 Å². The minimum Gasteiger partial charge on any atom is -0.465 e. The fourth-order valence-corrected chi connectivity index (χ4v) is 3.07. The van der Waals surface area contributed by atoms with E-state index in [-0.39, 0.29) is 6.04 Å². The van der Waals surface area contributed by atoms with Crippen LogP contribution in [0.2, 0.25) is 5.15 Å². The van der Waals surface area contributed by atoms with Crippen LogP contribution >= 0.6 is 11.6 Å². The zero-order valence-corrected chi connectivity index (χ0v) is 11.5. The smallest absolute Gasteiger partial charge is 0.407 e. The van der Waals surface area contributed by atoms with Gasteiger partial charge in [0.1, 0.15) is 5.15 Å². The summed E-state index contributed by atoms with van der Waals surface area (Å²) in [4.78, 5) is 19.0. The molecule has 1 aromatic rings. The van der Waals surface area contributed by atoms with Crippen molar-refractivity contribution in [2.75, 3.05) is 24.5 Å². The van der Waals surface area contributed by atoms with Gasteiger partial charge in [-0.1, -0.05) is 11.6 Å². The van der Waals surface area contributed by atoms with Crippen LogP contribution in [0.1, 0.15) is 12.0 Å². The monoisotopic (exact) mass is 281 g/mol. The molecule has 102 valence electrons. The molecular weight excluding hydrogens is 266 g/mol. The molecule has 1 amide bonds. The molecule has 0 radical (unpaired) electrons. The maximum Gasteiger partial charge on any atom is 0.407 e. The van der Waals surface area contributed by atoms with Crippen molar-refractivity contribution in [2.45, 2.75) is 19.4 Å². The first-order valence-electron chi connectivity index (χ1n) is 6.43. The van der Waals surface area contributed by atoms with Gasteiger partial charge in [-0.25, -0.2) is 9.78 Å². The van der Waals surface area contributed by atoms with E-state index in [9.17, 15) is 4.79 Å². The summed E-state index contributed by atoms with van der Waals surface area (Å²) in [5.41, 5.74) is 1.99. The highest BCUT2D eigenvalue weighted by molar-refractivity contribution is 6.30. The zero-order chi connectivity index (χ0) is 13.6. The highest BCUT2D eigenvalue weighted by Crippen LogP contribution is 2.36. The third-order valence-corrected chi connectivity index (χ3v) is 4.55. The minimum absolute atomic E-state index is 0.284. The molecule has 2 atom stereocenters. The number of hydrogen-bond donors (Lipinski definition) is 1. The maximum atomic E-state index is 11.1. The fraction of sp³-hybridized carbons (Fsp3) is 0.538. The van der Waals surface area contributed by atoms with Crippen molar-refractivity contribution in [2.24, 2.45) is 5.92 Å². The molecule has 0 unspecified atom stereocenters. The van der Waals surface area contributed by atoms with Gasteiger partial charge >= 0.3 is 6.09 Å². The summed E-state index contributed by atoms with van der Waals surface area (Å²) in [5.74, 6) is 0.603. The number of aryl methyl sites for hydroxylation is 1. The van der Waals surface area contributed by atoms with Crippen LogP contribution in [0.3, 0.4) is 0 Å². The third-order valence-electron chi connectivity index (χ3n) is 4.16. The Morgan fingerprint density at radius 1 is 1.53 bits per heavy atom. The Labute approximate surface area is 116 Å². The summed E-state index contributed by atoms with van der Waals surface area (Å²) < 4.78 is 0. The van der Waals surface area contributed by atoms with Crippen molar-refractivity contribution in [1.29, 1.82) is 0 Å². The topological polar surface area (TPSA) is 56.7 Å². The number of halogens is 1. The summed E-state index contributed by atoms with van der Waals surface area (Å²) in [6.07, 6.45) is 1.90. The number of nitrogens with zero attached hydrogens (tertiary/aromatic N) is 3. The van der Waals surface area contributed by atoms with Crippen molar-refractivity contribution < 1.29 is 9.90 Å². The number of piperidine rings is 1. The van der Waals surface area contributed by atoms with Crippen LogP contribution < -0.4 is 4.90 Å². The first kappa shape index (κ1) is 12.5. The molecule has 3 rings (SSSR count). The van der Waals surface area contributed by atoms with Crippen LogP contribution in [0.15, 0.2) is 12.3 Å². The molecule has 0 aromatic carbocycles. The molecule has 0 aliphatic carbocycles. The standard InChI is InChI=1S/C13H16ClN3O2/c1-8-4-10(5-15-12(8)14)17-6-9-2-3-16(13(18)19)7-11(9)17/h4-5,9,11H,2-3,6-7H2,1H3,(H,18,19)/t9-,11-/m0/s1. The number of likely N-dealkylation sites (tertiary alicyclic amines) is 1. The van der Waals surface area contributed by atoms with Gasteiger partial charge in [-0.05, 0) is 25.0 Å². The molecule has 2 aliphatic heterocycles. The Kier molecular flexibility index (Phi) is 3.01. The molecule has 6 heteroatoms. The Morgan fingerprint density at radius 2 is 2.32 bits per heavy atom. The lowest BCUT2D eigenvalue weighted by Crippen LogP contribution is -2.65. The molecule has 0 bridgehead atoms. The zero-order valence-electron chi connectivity index (χ0n) is 10.7. The van der Waals surface area contributed by atoms with Gasteiger partial charge in [0, 0.05) is 25.6 Å². The van der Waals surface area contributed by atoms with Gasteiger partial charge in [-0.15, -0.1) is 0 Å². The lowest BCUT2D eigenvalue weighted by Gasteiger charge is -2.54. The number of aromatic nitrogens is 1. The Morgan fingerprint density at radius 3 is 3.00 bits per heavy atom. The highest BCUT2D eigenvalue weighted by Gasteiger charge is 2.43. The van der Waals surface area contributed by atoms with Gasteiger partial charge in [-0.2, -0.15) is 0 Å². The number of anilines is 1. The number of carbonyl (C=O) groups is 1. The molecule has 2 saturated heterocycles. The van der Waals surface area contributed by atoms with Crippen LogP contribution in [0.5, 0.6) is 0 Å². The number of amides is 1. The molecule has 2 aliphatic rings. The van der Waals surface area contributed by atoms with Gasteiger partial charge in [0.25, 0.3) is 0 Å². The van der Waals surface area contributed by atoms with Gasteiger partial charge in [0.15, 0.2) is 0 Å². The lowest BCUT2D eigenvalue weighted by atomic mass is 9.82. The third kappa shape index (κ3) is 2.12. The second-order valence-electron chi connectivity index (χ2n) is 5.30. The van der Waals surface area contributed by atoms with Gasteiger partial charge in [0.2, 0.25) is 0 Å². The first-order valence-corrected chi connectivity index (χ1v) is 6.80. The summed E-state index contributed by atoms with van der Waals surface area (Å²) >= 11 is 5.93. The van der Waals surface area contributed by atoms with E-state index >= 15 is 0 Å². The van der Waals surface area contributed by atoms with E-state index in [1.807, 2.05) is 13.0 Å². The molecule has 2 fully saturated rings.